The molecule has 0 aliphatic carbocycles. The van der Waals surface area contributed by atoms with Crippen molar-refractivity contribution in [3.8, 4) is 11.5 Å². The van der Waals surface area contributed by atoms with E-state index in [-0.39, 0.29) is 15.8 Å². The van der Waals surface area contributed by atoms with Crippen molar-refractivity contribution in [2.45, 2.75) is 0 Å². The highest BCUT2D eigenvalue weighted by atomic mass is 16.5. The number of aromatic nitrogens is 2. The predicted octanol–water partition coefficient (Wildman–Crippen LogP) is -0.0557. The molecule has 2 aromatic rings. The summed E-state index contributed by atoms with van der Waals surface area (Å²) in [6.07, 6.45) is 0. The van der Waals surface area contributed by atoms with Gasteiger partial charge in [-0.3, -0.25) is 9.59 Å². The highest BCUT2D eigenvalue weighted by Crippen LogP contribution is 2.29. The Hall–Kier alpha value is -2.44. The number of nitrogens with one attached hydrogen (secondary N) is 1. The smallest absolute Gasteiger partial charge is 0.348 e. The molecule has 0 radical (unpaired) electrons. The first-order valence-electron chi connectivity index (χ1n) is 4.68. The summed E-state index contributed by atoms with van der Waals surface area (Å²) in [5.41, 5.74) is -1.56. The van der Waals surface area contributed by atoms with Crippen molar-refractivity contribution in [3.05, 3.63) is 32.8 Å². The van der Waals surface area contributed by atoms with Gasteiger partial charge in [0.05, 0.1) is 19.7 Å². The molecule has 2 N–H and O–H groups in total. The number of hydrogen-bond donors (Lipinski definition) is 2. The van der Waals surface area contributed by atoms with Crippen molar-refractivity contribution >= 4 is 11.0 Å². The van der Waals surface area contributed by atoms with E-state index in [1.807, 2.05) is 0 Å². The summed E-state index contributed by atoms with van der Waals surface area (Å²) in [5, 5.41) is 9.51. The zero-order chi connectivity index (χ0) is 12.6. The maximum Gasteiger partial charge on any atom is 0.348 e. The van der Waals surface area contributed by atoms with Crippen LogP contribution < -0.4 is 20.6 Å². The number of rotatable bonds is 2. The molecule has 17 heavy (non-hydrogen) atoms. The highest BCUT2D eigenvalue weighted by Gasteiger charge is 2.11. The van der Waals surface area contributed by atoms with Gasteiger partial charge in [-0.1, -0.05) is 0 Å². The van der Waals surface area contributed by atoms with Gasteiger partial charge in [0.1, 0.15) is 5.52 Å². The fourth-order valence-corrected chi connectivity index (χ4v) is 1.52. The second kappa shape index (κ2) is 3.85. The van der Waals surface area contributed by atoms with Crippen LogP contribution in [-0.4, -0.2) is 29.1 Å². The number of hydrogen-bond acceptors (Lipinski definition) is 5. The third kappa shape index (κ3) is 1.61. The summed E-state index contributed by atoms with van der Waals surface area (Å²) in [7, 11) is 2.87. The second-order valence-corrected chi connectivity index (χ2v) is 3.30. The summed E-state index contributed by atoms with van der Waals surface area (Å²) in [5.74, 6) is 0.726. The van der Waals surface area contributed by atoms with E-state index in [4.69, 9.17) is 9.47 Å². The minimum Gasteiger partial charge on any atom is -0.493 e. The van der Waals surface area contributed by atoms with Crippen molar-refractivity contribution in [2.24, 2.45) is 0 Å². The molecule has 0 amide bonds. The lowest BCUT2D eigenvalue weighted by atomic mass is 10.2. The molecular weight excluding hydrogens is 228 g/mol. The predicted molar refractivity (Wildman–Crippen MR) is 59.1 cm³/mol. The molecule has 0 bridgehead atoms. The minimum absolute atomic E-state index is 0.132. The number of methoxy groups -OCH3 is 2. The Morgan fingerprint density at radius 2 is 1.76 bits per heavy atom. The van der Waals surface area contributed by atoms with Crippen LogP contribution in [0.15, 0.2) is 21.7 Å². The largest absolute Gasteiger partial charge is 0.493 e. The van der Waals surface area contributed by atoms with Crippen LogP contribution in [0.2, 0.25) is 0 Å². The average molecular weight is 238 g/mol. The number of fused-ring (bicyclic) bond motifs is 1. The molecular formula is C10H10N2O5. The Bertz CT molecular complexity index is 685. The Kier molecular flexibility index (Phi) is 2.51. The molecule has 7 nitrogen and oxygen atoms in total. The van der Waals surface area contributed by atoms with Crippen molar-refractivity contribution in [2.75, 3.05) is 14.2 Å². The van der Waals surface area contributed by atoms with Crippen molar-refractivity contribution in [1.82, 2.24) is 9.71 Å². The van der Waals surface area contributed by atoms with Gasteiger partial charge in [0.2, 0.25) is 0 Å². The molecule has 0 unspecified atom stereocenters. The van der Waals surface area contributed by atoms with Crippen LogP contribution in [0.5, 0.6) is 11.5 Å². The molecule has 0 fully saturated rings. The number of H-pyrrole nitrogens is 1. The number of ether oxygens (including phenoxy) is 2. The standard InChI is InChI=1S/C10H10N2O5/c1-16-7-3-5-6(4-8(7)17-2)12(15)10(14)9(13)11-5/h3-4,15H,1-2H3,(H,11,13). The van der Waals surface area contributed by atoms with Crippen LogP contribution in [-0.2, 0) is 0 Å². The molecule has 1 aromatic carbocycles. The Labute approximate surface area is 94.8 Å². The number of aromatic amines is 1. The lowest BCUT2D eigenvalue weighted by Crippen LogP contribution is -2.35. The monoisotopic (exact) mass is 238 g/mol. The summed E-state index contributed by atoms with van der Waals surface area (Å²) in [6, 6.07) is 2.85. The third-order valence-corrected chi connectivity index (χ3v) is 2.36. The van der Waals surface area contributed by atoms with E-state index < -0.39 is 11.1 Å². The van der Waals surface area contributed by atoms with Gasteiger partial charge in [-0.2, -0.15) is 0 Å². The first-order valence-corrected chi connectivity index (χ1v) is 4.68. The van der Waals surface area contributed by atoms with Gasteiger partial charge >= 0.3 is 11.1 Å². The Morgan fingerprint density at radius 1 is 1.18 bits per heavy atom. The normalized spacial score (nSPS) is 10.5. The molecule has 0 saturated heterocycles. The van der Waals surface area contributed by atoms with Gasteiger partial charge in [0.15, 0.2) is 11.5 Å². The van der Waals surface area contributed by atoms with Crippen molar-refractivity contribution in [1.29, 1.82) is 0 Å². The molecule has 0 aliphatic heterocycles. The molecule has 7 heteroatoms. The summed E-state index contributed by atoms with van der Waals surface area (Å²) in [6.45, 7) is 0. The zero-order valence-electron chi connectivity index (χ0n) is 9.18. The zero-order valence-corrected chi connectivity index (χ0v) is 9.18. The first kappa shape index (κ1) is 11.1. The topological polar surface area (TPSA) is 93.6 Å². The highest BCUT2D eigenvalue weighted by molar-refractivity contribution is 5.78. The van der Waals surface area contributed by atoms with Crippen LogP contribution >= 0.6 is 0 Å². The SMILES string of the molecule is COc1cc2[nH]c(=O)c(=O)n(O)c2cc1OC. The molecule has 0 aliphatic rings. The molecule has 2 rings (SSSR count). The molecule has 0 spiro atoms. The maximum atomic E-state index is 11.2. The molecule has 0 saturated carbocycles. The molecule has 1 aromatic heterocycles. The van der Waals surface area contributed by atoms with Crippen LogP contribution in [0.25, 0.3) is 11.0 Å². The lowest BCUT2D eigenvalue weighted by Gasteiger charge is -2.09. The lowest BCUT2D eigenvalue weighted by molar-refractivity contribution is 0.186. The van der Waals surface area contributed by atoms with E-state index in [2.05, 4.69) is 4.98 Å². The molecule has 90 valence electrons. The van der Waals surface area contributed by atoms with Crippen LogP contribution in [0.3, 0.4) is 0 Å². The van der Waals surface area contributed by atoms with Gasteiger partial charge in [-0.15, -0.1) is 4.73 Å². The summed E-state index contributed by atoms with van der Waals surface area (Å²) >= 11 is 0. The van der Waals surface area contributed by atoms with Crippen molar-refractivity contribution in [3.63, 3.8) is 0 Å². The van der Waals surface area contributed by atoms with Gasteiger partial charge in [0, 0.05) is 12.1 Å². The van der Waals surface area contributed by atoms with E-state index in [9.17, 15) is 14.8 Å². The summed E-state index contributed by atoms with van der Waals surface area (Å²) < 4.78 is 10.3. The Morgan fingerprint density at radius 3 is 2.35 bits per heavy atom. The first-order chi connectivity index (χ1) is 8.08. The van der Waals surface area contributed by atoms with E-state index >= 15 is 0 Å². The fraction of sp³-hybridized carbons (Fsp3) is 0.200. The van der Waals surface area contributed by atoms with Crippen molar-refractivity contribution < 1.29 is 14.7 Å². The van der Waals surface area contributed by atoms with Gasteiger partial charge in [-0.25, -0.2) is 0 Å². The maximum absolute atomic E-state index is 11.2. The summed E-state index contributed by atoms with van der Waals surface area (Å²) in [4.78, 5) is 24.8. The van der Waals surface area contributed by atoms with Crippen LogP contribution in [0, 0.1) is 0 Å². The number of benzene rings is 1. The Balaban J connectivity index is 2.93. The van der Waals surface area contributed by atoms with E-state index in [1.165, 1.54) is 26.4 Å². The van der Waals surface area contributed by atoms with E-state index in [0.29, 0.717) is 11.5 Å². The van der Waals surface area contributed by atoms with Crippen LogP contribution in [0.1, 0.15) is 0 Å². The van der Waals surface area contributed by atoms with Gasteiger partial charge in [-0.05, 0) is 0 Å². The van der Waals surface area contributed by atoms with Crippen LogP contribution in [0.4, 0.5) is 0 Å². The average Bonchev–Trinajstić information content (AvgIpc) is 2.34. The molecule has 1 heterocycles. The molecule has 0 atom stereocenters. The minimum atomic E-state index is -1.05. The van der Waals surface area contributed by atoms with Gasteiger partial charge < -0.3 is 19.7 Å². The fourth-order valence-electron chi connectivity index (χ4n) is 1.52. The third-order valence-electron chi connectivity index (χ3n) is 2.36. The van der Waals surface area contributed by atoms with Gasteiger partial charge in [0.25, 0.3) is 0 Å². The number of nitrogens with zero attached hydrogens (tertiary/aromatic N) is 1. The second-order valence-electron chi connectivity index (χ2n) is 3.30. The quantitative estimate of drug-likeness (QED) is 0.565. The van der Waals surface area contributed by atoms with E-state index in [0.717, 1.165) is 0 Å². The van der Waals surface area contributed by atoms with E-state index in [1.54, 1.807) is 0 Å².